The zero-order valence-corrected chi connectivity index (χ0v) is 6.84. The van der Waals surface area contributed by atoms with E-state index in [0.717, 1.165) is 0 Å². The molecule has 11 heavy (non-hydrogen) atoms. The molecule has 62 valence electrons. The molecule has 0 aliphatic heterocycles. The van der Waals surface area contributed by atoms with Crippen LogP contribution in [0.15, 0.2) is 12.7 Å². The van der Waals surface area contributed by atoms with E-state index in [0.29, 0.717) is 19.3 Å². The van der Waals surface area contributed by atoms with Gasteiger partial charge in [-0.1, -0.05) is 6.08 Å². The molecule has 1 rings (SSSR count). The Labute approximate surface area is 66.9 Å². The molecule has 2 heteroatoms. The van der Waals surface area contributed by atoms with Crippen molar-refractivity contribution in [2.45, 2.75) is 31.8 Å². The lowest BCUT2D eigenvalue weighted by atomic mass is 9.90. The average molecular weight is 154 g/mol. The number of allylic oxidation sites excluding steroid dienone is 1. The van der Waals surface area contributed by atoms with E-state index in [1.165, 1.54) is 0 Å². The van der Waals surface area contributed by atoms with Gasteiger partial charge in [-0.3, -0.25) is 4.79 Å². The lowest BCUT2D eigenvalue weighted by molar-refractivity contribution is -0.123. The van der Waals surface area contributed by atoms with Crippen LogP contribution in [-0.2, 0) is 4.79 Å². The van der Waals surface area contributed by atoms with Crippen LogP contribution in [0.2, 0.25) is 0 Å². The molecule has 1 aliphatic rings. The number of Topliss-reactive ketones (excluding diaryl/α,β-unsaturated/α-hetero) is 1. The molecule has 1 N–H and O–H groups in total. The van der Waals surface area contributed by atoms with E-state index in [4.69, 9.17) is 0 Å². The number of carbonyl (C=O) groups excluding carboxylic acids is 1. The quantitative estimate of drug-likeness (QED) is 0.608. The SMILES string of the molecule is C=CCC1C(=O)CCC1(C)O. The van der Waals surface area contributed by atoms with Crippen molar-refractivity contribution in [2.24, 2.45) is 5.92 Å². The average Bonchev–Trinajstić information content (AvgIpc) is 2.16. The Morgan fingerprint density at radius 3 is 2.91 bits per heavy atom. The van der Waals surface area contributed by atoms with Crippen LogP contribution in [-0.4, -0.2) is 16.5 Å². The summed E-state index contributed by atoms with van der Waals surface area (Å²) in [5.74, 6) is -0.0325. The predicted octanol–water partition coefficient (Wildman–Crippen LogP) is 1.29. The van der Waals surface area contributed by atoms with Gasteiger partial charge < -0.3 is 5.11 Å². The van der Waals surface area contributed by atoms with Crippen molar-refractivity contribution in [2.75, 3.05) is 0 Å². The first-order chi connectivity index (χ1) is 5.08. The third-order valence-corrected chi connectivity index (χ3v) is 2.42. The van der Waals surface area contributed by atoms with Crippen molar-refractivity contribution in [3.05, 3.63) is 12.7 Å². The highest BCUT2D eigenvalue weighted by Gasteiger charge is 2.41. The standard InChI is InChI=1S/C9H14O2/c1-3-4-7-8(10)5-6-9(7,2)11/h3,7,11H,1,4-6H2,2H3. The number of ketones is 1. The third kappa shape index (κ3) is 1.51. The second-order valence-corrected chi connectivity index (χ2v) is 3.40. The molecule has 1 aliphatic carbocycles. The van der Waals surface area contributed by atoms with Gasteiger partial charge >= 0.3 is 0 Å². The highest BCUT2D eigenvalue weighted by atomic mass is 16.3. The van der Waals surface area contributed by atoms with Gasteiger partial charge in [0.25, 0.3) is 0 Å². The molecular weight excluding hydrogens is 140 g/mol. The molecular formula is C9H14O2. The summed E-state index contributed by atoms with van der Waals surface area (Å²) in [6, 6.07) is 0. The summed E-state index contributed by atoms with van der Waals surface area (Å²) in [4.78, 5) is 11.2. The molecule has 2 nitrogen and oxygen atoms in total. The van der Waals surface area contributed by atoms with E-state index >= 15 is 0 Å². The Kier molecular flexibility index (Phi) is 2.14. The maximum absolute atomic E-state index is 11.2. The molecule has 1 saturated carbocycles. The van der Waals surface area contributed by atoms with Gasteiger partial charge in [0, 0.05) is 12.3 Å². The molecule has 0 radical (unpaired) electrons. The van der Waals surface area contributed by atoms with E-state index in [1.807, 2.05) is 0 Å². The van der Waals surface area contributed by atoms with Crippen LogP contribution in [0.3, 0.4) is 0 Å². The number of carbonyl (C=O) groups is 1. The molecule has 2 unspecified atom stereocenters. The number of hydrogen-bond acceptors (Lipinski definition) is 2. The Morgan fingerprint density at radius 1 is 1.91 bits per heavy atom. The van der Waals surface area contributed by atoms with Crippen LogP contribution in [0.4, 0.5) is 0 Å². The number of hydrogen-bond donors (Lipinski definition) is 1. The lowest BCUT2D eigenvalue weighted by Crippen LogP contribution is -2.31. The molecule has 0 aromatic rings. The van der Waals surface area contributed by atoms with Gasteiger partial charge in [0.15, 0.2) is 0 Å². The van der Waals surface area contributed by atoms with Gasteiger partial charge in [-0.25, -0.2) is 0 Å². The summed E-state index contributed by atoms with van der Waals surface area (Å²) in [6.45, 7) is 5.29. The third-order valence-electron chi connectivity index (χ3n) is 2.42. The van der Waals surface area contributed by atoms with Crippen LogP contribution in [0.1, 0.15) is 26.2 Å². The first-order valence-electron chi connectivity index (χ1n) is 3.94. The fourth-order valence-corrected chi connectivity index (χ4v) is 1.62. The van der Waals surface area contributed by atoms with Crippen LogP contribution in [0.5, 0.6) is 0 Å². The van der Waals surface area contributed by atoms with E-state index in [-0.39, 0.29) is 11.7 Å². The molecule has 0 amide bonds. The second-order valence-electron chi connectivity index (χ2n) is 3.40. The first kappa shape index (κ1) is 8.47. The number of aliphatic hydroxyl groups is 1. The highest BCUT2D eigenvalue weighted by molar-refractivity contribution is 5.84. The minimum Gasteiger partial charge on any atom is -0.389 e. The minimum atomic E-state index is -0.786. The first-order valence-corrected chi connectivity index (χ1v) is 3.94. The molecule has 0 aromatic heterocycles. The van der Waals surface area contributed by atoms with Crippen molar-refractivity contribution in [3.8, 4) is 0 Å². The van der Waals surface area contributed by atoms with Gasteiger partial charge in [-0.15, -0.1) is 6.58 Å². The van der Waals surface area contributed by atoms with Gasteiger partial charge in [-0.05, 0) is 19.8 Å². The molecule has 0 aromatic carbocycles. The fraction of sp³-hybridized carbons (Fsp3) is 0.667. The largest absolute Gasteiger partial charge is 0.389 e. The van der Waals surface area contributed by atoms with E-state index in [2.05, 4.69) is 6.58 Å². The zero-order valence-electron chi connectivity index (χ0n) is 6.84. The van der Waals surface area contributed by atoms with Gasteiger partial charge in [0.05, 0.1) is 5.60 Å². The molecule has 0 bridgehead atoms. The second kappa shape index (κ2) is 2.78. The summed E-state index contributed by atoms with van der Waals surface area (Å²) in [6.07, 6.45) is 3.42. The van der Waals surface area contributed by atoms with E-state index < -0.39 is 5.60 Å². The maximum Gasteiger partial charge on any atom is 0.139 e. The smallest absolute Gasteiger partial charge is 0.139 e. The predicted molar refractivity (Wildman–Crippen MR) is 43.2 cm³/mol. The van der Waals surface area contributed by atoms with Gasteiger partial charge in [-0.2, -0.15) is 0 Å². The minimum absolute atomic E-state index is 0.176. The summed E-state index contributed by atoms with van der Waals surface area (Å²) >= 11 is 0. The van der Waals surface area contributed by atoms with E-state index in [1.54, 1.807) is 13.0 Å². The van der Waals surface area contributed by atoms with Crippen molar-refractivity contribution in [3.63, 3.8) is 0 Å². The van der Waals surface area contributed by atoms with Crippen LogP contribution >= 0.6 is 0 Å². The number of rotatable bonds is 2. The Balaban J connectivity index is 2.71. The fourth-order valence-electron chi connectivity index (χ4n) is 1.62. The molecule has 1 fully saturated rings. The normalized spacial score (nSPS) is 37.6. The Morgan fingerprint density at radius 2 is 2.55 bits per heavy atom. The van der Waals surface area contributed by atoms with Crippen LogP contribution < -0.4 is 0 Å². The molecule has 0 saturated heterocycles. The zero-order chi connectivity index (χ0) is 8.48. The van der Waals surface area contributed by atoms with Crippen molar-refractivity contribution in [1.82, 2.24) is 0 Å². The molecule has 0 heterocycles. The summed E-state index contributed by atoms with van der Waals surface area (Å²) < 4.78 is 0. The van der Waals surface area contributed by atoms with Crippen LogP contribution in [0.25, 0.3) is 0 Å². The molecule has 2 atom stereocenters. The summed E-state index contributed by atoms with van der Waals surface area (Å²) in [7, 11) is 0. The van der Waals surface area contributed by atoms with E-state index in [9.17, 15) is 9.90 Å². The van der Waals surface area contributed by atoms with Crippen molar-refractivity contribution < 1.29 is 9.90 Å². The van der Waals surface area contributed by atoms with Gasteiger partial charge in [0.2, 0.25) is 0 Å². The molecule has 0 spiro atoms. The van der Waals surface area contributed by atoms with Gasteiger partial charge in [0.1, 0.15) is 5.78 Å². The maximum atomic E-state index is 11.2. The van der Waals surface area contributed by atoms with Crippen molar-refractivity contribution >= 4 is 5.78 Å². The van der Waals surface area contributed by atoms with Crippen LogP contribution in [0, 0.1) is 5.92 Å². The van der Waals surface area contributed by atoms with Crippen molar-refractivity contribution in [1.29, 1.82) is 0 Å². The highest BCUT2D eigenvalue weighted by Crippen LogP contribution is 2.34. The Hall–Kier alpha value is -0.630. The lowest BCUT2D eigenvalue weighted by Gasteiger charge is -2.22. The summed E-state index contributed by atoms with van der Waals surface area (Å²) in [5.41, 5.74) is -0.786. The Bertz CT molecular complexity index is 182. The monoisotopic (exact) mass is 154 g/mol. The summed E-state index contributed by atoms with van der Waals surface area (Å²) in [5, 5.41) is 9.69. The topological polar surface area (TPSA) is 37.3 Å².